The van der Waals surface area contributed by atoms with Crippen LogP contribution in [0.3, 0.4) is 0 Å². The fraction of sp³-hybridized carbons (Fsp3) is 0.417. The van der Waals surface area contributed by atoms with E-state index in [1.165, 1.54) is 0 Å². The summed E-state index contributed by atoms with van der Waals surface area (Å²) in [6.45, 7) is 2.40. The molecule has 96 valence electrons. The second kappa shape index (κ2) is 4.64. The third-order valence-corrected chi connectivity index (χ3v) is 2.89. The molecule has 2 aromatic heterocycles. The predicted octanol–water partition coefficient (Wildman–Crippen LogP) is 0.734. The van der Waals surface area contributed by atoms with Gasteiger partial charge in [-0.1, -0.05) is 0 Å². The molecule has 6 nitrogen and oxygen atoms in total. The Morgan fingerprint density at radius 3 is 2.61 bits per heavy atom. The van der Waals surface area contributed by atoms with E-state index in [4.69, 9.17) is 0 Å². The van der Waals surface area contributed by atoms with Crippen LogP contribution in [0.2, 0.25) is 0 Å². The van der Waals surface area contributed by atoms with Crippen molar-refractivity contribution in [2.45, 2.75) is 13.5 Å². The monoisotopic (exact) mass is 247 g/mol. The van der Waals surface area contributed by atoms with E-state index in [1.807, 2.05) is 20.0 Å². The SMILES string of the molecule is Cc1cc(C(=O)N(C)Cc2ccnn2C)n(C)n1. The molecule has 0 aliphatic rings. The minimum Gasteiger partial charge on any atom is -0.334 e. The van der Waals surface area contributed by atoms with Gasteiger partial charge in [0.25, 0.3) is 5.91 Å². The number of aryl methyl sites for hydroxylation is 3. The molecular formula is C12H17N5O. The number of carbonyl (C=O) groups excluding carboxylic acids is 1. The van der Waals surface area contributed by atoms with E-state index in [0.29, 0.717) is 12.2 Å². The molecular weight excluding hydrogens is 230 g/mol. The number of aromatic nitrogens is 4. The summed E-state index contributed by atoms with van der Waals surface area (Å²) in [6, 6.07) is 3.69. The summed E-state index contributed by atoms with van der Waals surface area (Å²) in [5.41, 5.74) is 2.43. The van der Waals surface area contributed by atoms with Gasteiger partial charge in [-0.3, -0.25) is 14.2 Å². The summed E-state index contributed by atoms with van der Waals surface area (Å²) in [6.07, 6.45) is 1.72. The second-order valence-electron chi connectivity index (χ2n) is 4.40. The number of hydrogen-bond acceptors (Lipinski definition) is 3. The lowest BCUT2D eigenvalue weighted by atomic mass is 10.3. The van der Waals surface area contributed by atoms with E-state index in [9.17, 15) is 4.79 Å². The Bertz CT molecular complexity index is 569. The lowest BCUT2D eigenvalue weighted by Gasteiger charge is -2.17. The maximum atomic E-state index is 12.3. The van der Waals surface area contributed by atoms with Crippen LogP contribution in [0.25, 0.3) is 0 Å². The van der Waals surface area contributed by atoms with E-state index in [1.54, 1.807) is 40.6 Å². The smallest absolute Gasteiger partial charge is 0.272 e. The highest BCUT2D eigenvalue weighted by molar-refractivity contribution is 5.92. The fourth-order valence-corrected chi connectivity index (χ4v) is 1.88. The van der Waals surface area contributed by atoms with Crippen molar-refractivity contribution in [2.24, 2.45) is 14.1 Å². The second-order valence-corrected chi connectivity index (χ2v) is 4.40. The molecule has 1 amide bonds. The normalized spacial score (nSPS) is 10.7. The molecule has 0 radical (unpaired) electrons. The molecule has 0 atom stereocenters. The highest BCUT2D eigenvalue weighted by Gasteiger charge is 2.17. The van der Waals surface area contributed by atoms with Crippen molar-refractivity contribution in [3.05, 3.63) is 35.4 Å². The Kier molecular flexibility index (Phi) is 3.18. The maximum absolute atomic E-state index is 12.3. The number of carbonyl (C=O) groups is 1. The van der Waals surface area contributed by atoms with E-state index >= 15 is 0 Å². The van der Waals surface area contributed by atoms with Gasteiger partial charge in [-0.05, 0) is 19.1 Å². The number of nitrogens with zero attached hydrogens (tertiary/aromatic N) is 5. The largest absolute Gasteiger partial charge is 0.334 e. The first-order chi connectivity index (χ1) is 8.49. The zero-order chi connectivity index (χ0) is 13.3. The van der Waals surface area contributed by atoms with Crippen LogP contribution in [0.15, 0.2) is 18.3 Å². The van der Waals surface area contributed by atoms with Crippen molar-refractivity contribution in [3.63, 3.8) is 0 Å². The molecule has 0 aliphatic heterocycles. The van der Waals surface area contributed by atoms with E-state index in [2.05, 4.69) is 10.2 Å². The highest BCUT2D eigenvalue weighted by atomic mass is 16.2. The maximum Gasteiger partial charge on any atom is 0.272 e. The fourth-order valence-electron chi connectivity index (χ4n) is 1.88. The van der Waals surface area contributed by atoms with Crippen molar-refractivity contribution in [1.29, 1.82) is 0 Å². The molecule has 0 unspecified atom stereocenters. The molecule has 2 aromatic rings. The standard InChI is InChI=1S/C12H17N5O/c1-9-7-11(17(4)14-9)12(18)15(2)8-10-5-6-13-16(10)3/h5-7H,8H2,1-4H3. The van der Waals surface area contributed by atoms with Gasteiger partial charge in [-0.25, -0.2) is 0 Å². The Labute approximate surface area is 106 Å². The molecule has 2 heterocycles. The number of hydrogen-bond donors (Lipinski definition) is 0. The van der Waals surface area contributed by atoms with Crippen LogP contribution in [0.1, 0.15) is 21.9 Å². The molecule has 2 rings (SSSR count). The van der Waals surface area contributed by atoms with Gasteiger partial charge in [-0.15, -0.1) is 0 Å². The first-order valence-corrected chi connectivity index (χ1v) is 5.72. The van der Waals surface area contributed by atoms with Crippen molar-refractivity contribution in [3.8, 4) is 0 Å². The summed E-state index contributed by atoms with van der Waals surface area (Å²) >= 11 is 0. The zero-order valence-corrected chi connectivity index (χ0v) is 11.1. The van der Waals surface area contributed by atoms with Crippen molar-refractivity contribution >= 4 is 5.91 Å². The van der Waals surface area contributed by atoms with E-state index in [0.717, 1.165) is 11.4 Å². The van der Waals surface area contributed by atoms with E-state index < -0.39 is 0 Å². The first kappa shape index (κ1) is 12.3. The summed E-state index contributed by atoms with van der Waals surface area (Å²) < 4.78 is 3.37. The molecule has 18 heavy (non-hydrogen) atoms. The van der Waals surface area contributed by atoms with Gasteiger partial charge in [0, 0.05) is 27.3 Å². The van der Waals surface area contributed by atoms with Crippen LogP contribution in [-0.4, -0.2) is 37.4 Å². The van der Waals surface area contributed by atoms with Gasteiger partial charge in [-0.2, -0.15) is 10.2 Å². The Hall–Kier alpha value is -2.11. The molecule has 0 spiro atoms. The Balaban J connectivity index is 2.14. The minimum absolute atomic E-state index is 0.0423. The van der Waals surface area contributed by atoms with Crippen LogP contribution < -0.4 is 0 Å². The summed E-state index contributed by atoms with van der Waals surface area (Å²) in [7, 11) is 5.41. The van der Waals surface area contributed by atoms with Crippen LogP contribution in [0.5, 0.6) is 0 Å². The molecule has 6 heteroatoms. The quantitative estimate of drug-likeness (QED) is 0.803. The van der Waals surface area contributed by atoms with Gasteiger partial charge in [0.2, 0.25) is 0 Å². The lowest BCUT2D eigenvalue weighted by Crippen LogP contribution is -2.28. The van der Waals surface area contributed by atoms with Crippen LogP contribution in [0.4, 0.5) is 0 Å². The Morgan fingerprint density at radius 1 is 1.39 bits per heavy atom. The molecule has 0 bridgehead atoms. The Morgan fingerprint density at radius 2 is 2.11 bits per heavy atom. The topological polar surface area (TPSA) is 56.0 Å². The van der Waals surface area contributed by atoms with Gasteiger partial charge in [0.1, 0.15) is 5.69 Å². The zero-order valence-electron chi connectivity index (χ0n) is 11.1. The molecule has 0 aromatic carbocycles. The highest BCUT2D eigenvalue weighted by Crippen LogP contribution is 2.08. The molecule has 0 saturated carbocycles. The summed E-state index contributed by atoms with van der Waals surface area (Å²) in [4.78, 5) is 13.9. The number of rotatable bonds is 3. The van der Waals surface area contributed by atoms with Crippen LogP contribution >= 0.6 is 0 Å². The average Bonchev–Trinajstić information content (AvgIpc) is 2.85. The molecule has 0 aliphatic carbocycles. The van der Waals surface area contributed by atoms with E-state index in [-0.39, 0.29) is 5.91 Å². The average molecular weight is 247 g/mol. The number of amides is 1. The molecule has 0 saturated heterocycles. The lowest BCUT2D eigenvalue weighted by molar-refractivity contribution is 0.0771. The third-order valence-electron chi connectivity index (χ3n) is 2.89. The van der Waals surface area contributed by atoms with Gasteiger partial charge in [0.15, 0.2) is 0 Å². The van der Waals surface area contributed by atoms with Crippen molar-refractivity contribution in [1.82, 2.24) is 24.5 Å². The van der Waals surface area contributed by atoms with Crippen molar-refractivity contribution < 1.29 is 4.79 Å². The first-order valence-electron chi connectivity index (χ1n) is 5.72. The van der Waals surface area contributed by atoms with Gasteiger partial charge in [0.05, 0.1) is 17.9 Å². The van der Waals surface area contributed by atoms with Crippen molar-refractivity contribution in [2.75, 3.05) is 7.05 Å². The third kappa shape index (κ3) is 2.27. The van der Waals surface area contributed by atoms with Gasteiger partial charge < -0.3 is 4.90 Å². The van der Waals surface area contributed by atoms with Crippen LogP contribution in [-0.2, 0) is 20.6 Å². The summed E-state index contributed by atoms with van der Waals surface area (Å²) in [5.74, 6) is -0.0423. The van der Waals surface area contributed by atoms with Gasteiger partial charge >= 0.3 is 0 Å². The predicted molar refractivity (Wildman–Crippen MR) is 67.0 cm³/mol. The van der Waals surface area contributed by atoms with Crippen LogP contribution in [0, 0.1) is 6.92 Å². The molecule has 0 N–H and O–H groups in total. The summed E-state index contributed by atoms with van der Waals surface area (Å²) in [5, 5.41) is 8.27. The molecule has 0 fully saturated rings. The minimum atomic E-state index is -0.0423.